The summed E-state index contributed by atoms with van der Waals surface area (Å²) in [4.78, 5) is 18.7. The third-order valence-corrected chi connectivity index (χ3v) is 5.24. The number of nitrogens with zero attached hydrogens (tertiary/aromatic N) is 2. The summed E-state index contributed by atoms with van der Waals surface area (Å²) in [5.74, 6) is 0.534. The van der Waals surface area contributed by atoms with Crippen LogP contribution in [0.1, 0.15) is 42.6 Å². The standard InChI is InChI=1S/C17H25N3O/c1-20-12-14(17(13-20)8-4-2-5-9-17)11-19-16(21)15-7-3-6-10-18-15/h3,6-7,10,14H,2,4-5,8-9,11-13H2,1H3,(H,19,21). The summed E-state index contributed by atoms with van der Waals surface area (Å²) in [5, 5.41) is 3.10. The summed E-state index contributed by atoms with van der Waals surface area (Å²) in [7, 11) is 2.21. The van der Waals surface area contributed by atoms with E-state index in [1.165, 1.54) is 38.6 Å². The second-order valence-corrected chi connectivity index (χ2v) is 6.74. The van der Waals surface area contributed by atoms with Crippen LogP contribution in [0.2, 0.25) is 0 Å². The lowest BCUT2D eigenvalue weighted by atomic mass is 9.67. The van der Waals surface area contributed by atoms with Crippen molar-refractivity contribution in [1.82, 2.24) is 15.2 Å². The third-order valence-electron chi connectivity index (χ3n) is 5.24. The minimum atomic E-state index is -0.0453. The monoisotopic (exact) mass is 287 g/mol. The molecular weight excluding hydrogens is 262 g/mol. The van der Waals surface area contributed by atoms with Crippen LogP contribution < -0.4 is 5.32 Å². The van der Waals surface area contributed by atoms with E-state index in [4.69, 9.17) is 0 Å². The predicted octanol–water partition coefficient (Wildman–Crippen LogP) is 2.32. The number of hydrogen-bond donors (Lipinski definition) is 1. The van der Waals surface area contributed by atoms with E-state index in [0.29, 0.717) is 17.0 Å². The van der Waals surface area contributed by atoms with Gasteiger partial charge in [0.15, 0.2) is 0 Å². The average molecular weight is 287 g/mol. The highest BCUT2D eigenvalue weighted by Gasteiger charge is 2.45. The van der Waals surface area contributed by atoms with Gasteiger partial charge in [-0.3, -0.25) is 9.78 Å². The van der Waals surface area contributed by atoms with E-state index in [-0.39, 0.29) is 5.91 Å². The van der Waals surface area contributed by atoms with Gasteiger partial charge in [-0.25, -0.2) is 0 Å². The predicted molar refractivity (Wildman–Crippen MR) is 83.1 cm³/mol. The molecule has 1 amide bonds. The van der Waals surface area contributed by atoms with E-state index < -0.39 is 0 Å². The molecule has 0 aromatic carbocycles. The van der Waals surface area contributed by atoms with Crippen LogP contribution in [0.3, 0.4) is 0 Å². The number of rotatable bonds is 3. The lowest BCUT2D eigenvalue weighted by molar-refractivity contribution is 0.0911. The molecule has 1 unspecified atom stereocenters. The Balaban J connectivity index is 1.62. The van der Waals surface area contributed by atoms with Crippen molar-refractivity contribution in [1.29, 1.82) is 0 Å². The number of amides is 1. The highest BCUT2D eigenvalue weighted by atomic mass is 16.1. The molecule has 1 aromatic heterocycles. The molecule has 1 aliphatic heterocycles. The second-order valence-electron chi connectivity index (χ2n) is 6.74. The fourth-order valence-corrected chi connectivity index (χ4v) is 4.21. The molecule has 3 rings (SSSR count). The van der Waals surface area contributed by atoms with Crippen LogP contribution in [0.25, 0.3) is 0 Å². The van der Waals surface area contributed by atoms with Crippen molar-refractivity contribution in [3.8, 4) is 0 Å². The molecule has 1 aliphatic carbocycles. The molecule has 2 fully saturated rings. The maximum Gasteiger partial charge on any atom is 0.269 e. The zero-order valence-electron chi connectivity index (χ0n) is 12.8. The number of aromatic nitrogens is 1. The Morgan fingerprint density at radius 2 is 2.19 bits per heavy atom. The maximum absolute atomic E-state index is 12.2. The Bertz CT molecular complexity index is 482. The van der Waals surface area contributed by atoms with E-state index >= 15 is 0 Å². The van der Waals surface area contributed by atoms with E-state index in [1.807, 2.05) is 12.1 Å². The van der Waals surface area contributed by atoms with Gasteiger partial charge in [0.1, 0.15) is 5.69 Å². The molecule has 21 heavy (non-hydrogen) atoms. The van der Waals surface area contributed by atoms with Crippen LogP contribution in [-0.4, -0.2) is 42.5 Å². The van der Waals surface area contributed by atoms with Crippen molar-refractivity contribution >= 4 is 5.91 Å². The Morgan fingerprint density at radius 1 is 1.38 bits per heavy atom. The van der Waals surface area contributed by atoms with Gasteiger partial charge in [0.25, 0.3) is 5.91 Å². The largest absolute Gasteiger partial charge is 0.350 e. The first-order valence-electron chi connectivity index (χ1n) is 8.07. The van der Waals surface area contributed by atoms with Crippen LogP contribution in [0.5, 0.6) is 0 Å². The summed E-state index contributed by atoms with van der Waals surface area (Å²) in [6, 6.07) is 5.46. The van der Waals surface area contributed by atoms with Crippen LogP contribution in [0.15, 0.2) is 24.4 Å². The molecule has 1 aromatic rings. The number of nitrogens with one attached hydrogen (secondary N) is 1. The molecule has 1 atom stereocenters. The van der Waals surface area contributed by atoms with Crippen molar-refractivity contribution in [2.75, 3.05) is 26.7 Å². The van der Waals surface area contributed by atoms with Gasteiger partial charge in [-0.1, -0.05) is 25.3 Å². The number of hydrogen-bond acceptors (Lipinski definition) is 3. The van der Waals surface area contributed by atoms with Crippen LogP contribution in [0.4, 0.5) is 0 Å². The maximum atomic E-state index is 12.2. The quantitative estimate of drug-likeness (QED) is 0.928. The van der Waals surface area contributed by atoms with Crippen molar-refractivity contribution in [2.24, 2.45) is 11.3 Å². The summed E-state index contributed by atoms with van der Waals surface area (Å²) < 4.78 is 0. The first-order valence-corrected chi connectivity index (χ1v) is 8.07. The molecule has 1 saturated carbocycles. The van der Waals surface area contributed by atoms with Gasteiger partial charge >= 0.3 is 0 Å². The molecule has 4 heteroatoms. The SMILES string of the molecule is CN1CC(CNC(=O)c2ccccn2)C2(CCCCC2)C1. The first-order chi connectivity index (χ1) is 10.2. The lowest BCUT2D eigenvalue weighted by Crippen LogP contribution is -2.40. The molecule has 2 heterocycles. The van der Waals surface area contributed by atoms with Gasteiger partial charge in [0, 0.05) is 25.8 Å². The molecule has 4 nitrogen and oxygen atoms in total. The Morgan fingerprint density at radius 3 is 2.90 bits per heavy atom. The first kappa shape index (κ1) is 14.5. The molecular formula is C17H25N3O. The molecule has 2 aliphatic rings. The van der Waals surface area contributed by atoms with Crippen molar-refractivity contribution in [2.45, 2.75) is 32.1 Å². The van der Waals surface area contributed by atoms with E-state index in [0.717, 1.165) is 13.1 Å². The molecule has 1 saturated heterocycles. The Labute approximate surface area is 126 Å². The van der Waals surface area contributed by atoms with Gasteiger partial charge in [-0.15, -0.1) is 0 Å². The minimum absolute atomic E-state index is 0.0453. The van der Waals surface area contributed by atoms with Crippen LogP contribution in [-0.2, 0) is 0 Å². The highest BCUT2D eigenvalue weighted by molar-refractivity contribution is 5.92. The number of likely N-dealkylation sites (tertiary alicyclic amines) is 1. The van der Waals surface area contributed by atoms with E-state index in [9.17, 15) is 4.79 Å². The molecule has 1 spiro atoms. The van der Waals surface area contributed by atoms with Crippen molar-refractivity contribution < 1.29 is 4.79 Å². The molecule has 114 valence electrons. The van der Waals surface area contributed by atoms with Gasteiger partial charge in [0.05, 0.1) is 0 Å². The zero-order valence-corrected chi connectivity index (χ0v) is 12.8. The fraction of sp³-hybridized carbons (Fsp3) is 0.647. The van der Waals surface area contributed by atoms with Crippen LogP contribution in [0, 0.1) is 11.3 Å². The van der Waals surface area contributed by atoms with Crippen molar-refractivity contribution in [3.05, 3.63) is 30.1 Å². The van der Waals surface area contributed by atoms with Gasteiger partial charge in [0.2, 0.25) is 0 Å². The van der Waals surface area contributed by atoms with Gasteiger partial charge in [-0.2, -0.15) is 0 Å². The fourth-order valence-electron chi connectivity index (χ4n) is 4.21. The van der Waals surface area contributed by atoms with E-state index in [2.05, 4.69) is 22.2 Å². The summed E-state index contributed by atoms with van der Waals surface area (Å²) >= 11 is 0. The van der Waals surface area contributed by atoms with Gasteiger partial charge < -0.3 is 10.2 Å². The zero-order chi connectivity index (χ0) is 14.7. The lowest BCUT2D eigenvalue weighted by Gasteiger charge is -2.38. The number of carbonyl (C=O) groups is 1. The van der Waals surface area contributed by atoms with Crippen LogP contribution >= 0.6 is 0 Å². The Kier molecular flexibility index (Phi) is 4.24. The summed E-state index contributed by atoms with van der Waals surface area (Å²) in [6.07, 6.45) is 8.37. The topological polar surface area (TPSA) is 45.2 Å². The normalized spacial score (nSPS) is 25.1. The number of carbonyl (C=O) groups excluding carboxylic acids is 1. The third kappa shape index (κ3) is 3.10. The smallest absolute Gasteiger partial charge is 0.269 e. The minimum Gasteiger partial charge on any atom is -0.350 e. The van der Waals surface area contributed by atoms with E-state index in [1.54, 1.807) is 12.3 Å². The summed E-state index contributed by atoms with van der Waals surface area (Å²) in [6.45, 7) is 3.07. The van der Waals surface area contributed by atoms with Gasteiger partial charge in [-0.05, 0) is 43.4 Å². The number of pyridine rings is 1. The van der Waals surface area contributed by atoms with Crippen molar-refractivity contribution in [3.63, 3.8) is 0 Å². The second kappa shape index (κ2) is 6.14. The molecule has 0 bridgehead atoms. The molecule has 1 N–H and O–H groups in total. The average Bonchev–Trinajstić information content (AvgIpc) is 2.81. The summed E-state index contributed by atoms with van der Waals surface area (Å²) in [5.41, 5.74) is 0.950. The Hall–Kier alpha value is -1.42. The molecule has 0 radical (unpaired) electrons. The highest BCUT2D eigenvalue weighted by Crippen LogP contribution is 2.46.